The van der Waals surface area contributed by atoms with Gasteiger partial charge in [0, 0.05) is 30.9 Å². The minimum absolute atomic E-state index is 0.671. The Labute approximate surface area is 166 Å². The average molecular weight is 377 g/mol. The van der Waals surface area contributed by atoms with E-state index in [0.717, 1.165) is 48.4 Å². The van der Waals surface area contributed by atoms with Crippen LogP contribution in [0.15, 0.2) is 42.1 Å². The third kappa shape index (κ3) is 4.25. The highest BCUT2D eigenvalue weighted by molar-refractivity contribution is 5.82. The third-order valence-corrected chi connectivity index (χ3v) is 5.33. The van der Waals surface area contributed by atoms with Crippen LogP contribution in [-0.2, 0) is 0 Å². The summed E-state index contributed by atoms with van der Waals surface area (Å²) in [6.45, 7) is 7.12. The SMILES string of the molecule is Cc1cc(C)c2nc(-c3ccc(OCCCC4=CCN(C)CC4)nc3)[nH]c2c1. The normalized spacial score (nSPS) is 15.0. The number of aromatic nitrogens is 3. The first-order valence-electron chi connectivity index (χ1n) is 10.0. The van der Waals surface area contributed by atoms with Gasteiger partial charge in [0.05, 0.1) is 17.6 Å². The second-order valence-electron chi connectivity index (χ2n) is 7.78. The van der Waals surface area contributed by atoms with Gasteiger partial charge in [0.1, 0.15) is 5.82 Å². The van der Waals surface area contributed by atoms with E-state index in [1.165, 1.54) is 17.5 Å². The number of nitrogens with one attached hydrogen (secondary N) is 1. The van der Waals surface area contributed by atoms with Crippen LogP contribution in [-0.4, -0.2) is 46.6 Å². The van der Waals surface area contributed by atoms with Gasteiger partial charge in [0.2, 0.25) is 5.88 Å². The van der Waals surface area contributed by atoms with E-state index in [0.29, 0.717) is 12.5 Å². The standard InChI is InChI=1S/C23H28N4O/c1-16-13-17(2)22-20(14-16)25-23(26-22)19-6-7-21(24-15-19)28-12-4-5-18-8-10-27(3)11-9-18/h6-8,13-15H,4-5,9-12H2,1-3H3,(H,25,26). The highest BCUT2D eigenvalue weighted by Gasteiger charge is 2.10. The first kappa shape index (κ1) is 18.7. The fourth-order valence-electron chi connectivity index (χ4n) is 3.73. The maximum absolute atomic E-state index is 5.82. The van der Waals surface area contributed by atoms with E-state index in [2.05, 4.69) is 54.0 Å². The second-order valence-corrected chi connectivity index (χ2v) is 7.78. The molecular weight excluding hydrogens is 348 g/mol. The lowest BCUT2D eigenvalue weighted by Crippen LogP contribution is -2.24. The average Bonchev–Trinajstić information content (AvgIpc) is 3.11. The van der Waals surface area contributed by atoms with Crippen LogP contribution in [0, 0.1) is 13.8 Å². The Morgan fingerprint density at radius 3 is 2.86 bits per heavy atom. The predicted molar refractivity (Wildman–Crippen MR) is 114 cm³/mol. The number of H-pyrrole nitrogens is 1. The van der Waals surface area contributed by atoms with Crippen LogP contribution < -0.4 is 4.74 Å². The Morgan fingerprint density at radius 2 is 2.11 bits per heavy atom. The van der Waals surface area contributed by atoms with Gasteiger partial charge < -0.3 is 14.6 Å². The predicted octanol–water partition coefficient (Wildman–Crippen LogP) is 4.66. The molecule has 4 rings (SSSR count). The van der Waals surface area contributed by atoms with Gasteiger partial charge in [-0.05, 0) is 63.4 Å². The summed E-state index contributed by atoms with van der Waals surface area (Å²) in [4.78, 5) is 14.9. The molecule has 0 saturated carbocycles. The van der Waals surface area contributed by atoms with Gasteiger partial charge in [-0.15, -0.1) is 0 Å². The molecule has 28 heavy (non-hydrogen) atoms. The molecule has 146 valence electrons. The van der Waals surface area contributed by atoms with Gasteiger partial charge in [0.15, 0.2) is 0 Å². The third-order valence-electron chi connectivity index (χ3n) is 5.33. The van der Waals surface area contributed by atoms with Crippen LogP contribution in [0.25, 0.3) is 22.4 Å². The number of rotatable bonds is 6. The molecule has 0 fully saturated rings. The lowest BCUT2D eigenvalue weighted by Gasteiger charge is -2.21. The van der Waals surface area contributed by atoms with Gasteiger partial charge in [-0.25, -0.2) is 9.97 Å². The molecule has 3 heterocycles. The molecule has 2 aromatic heterocycles. The summed E-state index contributed by atoms with van der Waals surface area (Å²) in [5.74, 6) is 1.51. The number of aryl methyl sites for hydroxylation is 2. The highest BCUT2D eigenvalue weighted by Crippen LogP contribution is 2.24. The van der Waals surface area contributed by atoms with Gasteiger partial charge in [-0.2, -0.15) is 0 Å². The molecule has 0 amide bonds. The van der Waals surface area contributed by atoms with Crippen molar-refractivity contribution in [2.75, 3.05) is 26.7 Å². The van der Waals surface area contributed by atoms with Crippen molar-refractivity contribution >= 4 is 11.0 Å². The molecule has 0 bridgehead atoms. The molecule has 1 aliphatic heterocycles. The van der Waals surface area contributed by atoms with Crippen LogP contribution in [0.2, 0.25) is 0 Å². The lowest BCUT2D eigenvalue weighted by molar-refractivity contribution is 0.296. The molecule has 0 atom stereocenters. The van der Waals surface area contributed by atoms with Crippen LogP contribution in [0.5, 0.6) is 5.88 Å². The van der Waals surface area contributed by atoms with Gasteiger partial charge in [-0.3, -0.25) is 0 Å². The van der Waals surface area contributed by atoms with Crippen molar-refractivity contribution in [2.45, 2.75) is 33.1 Å². The number of imidazole rings is 1. The van der Waals surface area contributed by atoms with Crippen molar-refractivity contribution in [3.63, 3.8) is 0 Å². The fraction of sp³-hybridized carbons (Fsp3) is 0.391. The van der Waals surface area contributed by atoms with E-state index in [1.807, 2.05) is 18.3 Å². The van der Waals surface area contributed by atoms with E-state index < -0.39 is 0 Å². The number of pyridine rings is 1. The molecule has 1 N–H and O–H groups in total. The largest absolute Gasteiger partial charge is 0.478 e. The molecule has 0 radical (unpaired) electrons. The molecule has 3 aromatic rings. The number of likely N-dealkylation sites (N-methyl/N-ethyl adjacent to an activating group) is 1. The van der Waals surface area contributed by atoms with Crippen LogP contribution in [0.3, 0.4) is 0 Å². The summed E-state index contributed by atoms with van der Waals surface area (Å²) in [5.41, 5.74) is 7.03. The summed E-state index contributed by atoms with van der Waals surface area (Å²) >= 11 is 0. The molecule has 0 aliphatic carbocycles. The van der Waals surface area contributed by atoms with Gasteiger partial charge in [-0.1, -0.05) is 17.7 Å². The number of nitrogens with zero attached hydrogens (tertiary/aromatic N) is 3. The van der Waals surface area contributed by atoms with E-state index >= 15 is 0 Å². The van der Waals surface area contributed by atoms with Crippen LogP contribution >= 0.6 is 0 Å². The lowest BCUT2D eigenvalue weighted by atomic mass is 10.0. The van der Waals surface area contributed by atoms with Crippen LogP contribution in [0.4, 0.5) is 0 Å². The van der Waals surface area contributed by atoms with Crippen molar-refractivity contribution in [2.24, 2.45) is 0 Å². The molecule has 1 aromatic carbocycles. The van der Waals surface area contributed by atoms with Gasteiger partial charge in [0.25, 0.3) is 0 Å². The number of benzene rings is 1. The van der Waals surface area contributed by atoms with Crippen LogP contribution in [0.1, 0.15) is 30.4 Å². The summed E-state index contributed by atoms with van der Waals surface area (Å²) in [5, 5.41) is 0. The monoisotopic (exact) mass is 376 g/mol. The molecule has 0 spiro atoms. The van der Waals surface area contributed by atoms with Crippen molar-refractivity contribution in [1.29, 1.82) is 0 Å². The summed E-state index contributed by atoms with van der Waals surface area (Å²) in [6, 6.07) is 8.23. The molecule has 0 saturated heterocycles. The zero-order valence-corrected chi connectivity index (χ0v) is 17.0. The van der Waals surface area contributed by atoms with E-state index in [-0.39, 0.29) is 0 Å². The molecule has 0 unspecified atom stereocenters. The zero-order chi connectivity index (χ0) is 19.5. The number of hydrogen-bond acceptors (Lipinski definition) is 4. The van der Waals surface area contributed by atoms with E-state index in [1.54, 1.807) is 5.57 Å². The Morgan fingerprint density at radius 1 is 1.21 bits per heavy atom. The number of ether oxygens (including phenoxy) is 1. The second kappa shape index (κ2) is 8.15. The summed E-state index contributed by atoms with van der Waals surface area (Å²) in [6.07, 6.45) is 7.51. The van der Waals surface area contributed by atoms with E-state index in [9.17, 15) is 0 Å². The van der Waals surface area contributed by atoms with Gasteiger partial charge >= 0.3 is 0 Å². The first-order valence-corrected chi connectivity index (χ1v) is 10.0. The number of fused-ring (bicyclic) bond motifs is 1. The Kier molecular flexibility index (Phi) is 5.44. The van der Waals surface area contributed by atoms with E-state index in [4.69, 9.17) is 9.72 Å². The summed E-state index contributed by atoms with van der Waals surface area (Å²) in [7, 11) is 2.17. The molecule has 1 aliphatic rings. The number of hydrogen-bond donors (Lipinski definition) is 1. The quantitative estimate of drug-likeness (QED) is 0.502. The van der Waals surface area contributed by atoms with Crippen molar-refractivity contribution in [3.8, 4) is 17.3 Å². The Balaban J connectivity index is 1.34. The first-order chi connectivity index (χ1) is 13.6. The van der Waals surface area contributed by atoms with Crippen molar-refractivity contribution < 1.29 is 4.74 Å². The topological polar surface area (TPSA) is 54.0 Å². The molecular formula is C23H28N4O. The Hall–Kier alpha value is -2.66. The summed E-state index contributed by atoms with van der Waals surface area (Å²) < 4.78 is 5.82. The number of aromatic amines is 1. The fourth-order valence-corrected chi connectivity index (χ4v) is 3.73. The molecule has 5 nitrogen and oxygen atoms in total. The highest BCUT2D eigenvalue weighted by atomic mass is 16.5. The minimum atomic E-state index is 0.671. The Bertz CT molecular complexity index is 988. The minimum Gasteiger partial charge on any atom is -0.478 e. The smallest absolute Gasteiger partial charge is 0.213 e. The molecule has 5 heteroatoms. The zero-order valence-electron chi connectivity index (χ0n) is 17.0. The maximum Gasteiger partial charge on any atom is 0.213 e. The van der Waals surface area contributed by atoms with Crippen molar-refractivity contribution in [3.05, 3.63) is 53.2 Å². The van der Waals surface area contributed by atoms with Crippen molar-refractivity contribution in [1.82, 2.24) is 19.9 Å². The maximum atomic E-state index is 5.82.